The molecule has 0 aromatic carbocycles. The molecule has 0 radical (unpaired) electrons. The summed E-state index contributed by atoms with van der Waals surface area (Å²) in [6, 6.07) is 1.61. The van der Waals surface area contributed by atoms with Gasteiger partial charge in [-0.3, -0.25) is 23.4 Å². The number of aliphatic hydroxyl groups is 4. The van der Waals surface area contributed by atoms with Crippen molar-refractivity contribution in [2.45, 2.75) is 47.4 Å². The maximum atomic E-state index is 13.0. The first kappa shape index (κ1) is 28.9. The fourth-order valence-corrected chi connectivity index (χ4v) is 7.42. The normalized spacial score (nSPS) is 31.3. The number of nitrogens with two attached hydrogens (primary N) is 2. The number of hydrogen-bond donors (Lipinski definition) is 8. The van der Waals surface area contributed by atoms with E-state index in [1.807, 2.05) is 0 Å². The Kier molecular flexibility index (Phi) is 7.46. The first-order valence-electron chi connectivity index (χ1n) is 12.4. The minimum absolute atomic E-state index is 0.0221. The number of rotatable bonds is 8. The van der Waals surface area contributed by atoms with E-state index in [1.165, 1.54) is 28.0 Å². The third-order valence-corrected chi connectivity index (χ3v) is 9.56. The lowest BCUT2D eigenvalue weighted by Gasteiger charge is -2.25. The predicted molar refractivity (Wildman–Crippen MR) is 145 cm³/mol. The Hall–Kier alpha value is -3.17. The molecule has 2 saturated heterocycles. The second-order valence-corrected chi connectivity index (χ2v) is 12.4. The summed E-state index contributed by atoms with van der Waals surface area (Å²) in [5, 5.41) is 40.5. The highest BCUT2D eigenvalue weighted by molar-refractivity contribution is 8.00. The zero-order chi connectivity index (χ0) is 29.9. The Morgan fingerprint density at radius 1 is 1.12 bits per heavy atom. The molecule has 4 aromatic heterocycles. The summed E-state index contributed by atoms with van der Waals surface area (Å²) in [5.41, 5.74) is 11.2. The molecular formula is C21H26N9O10PS. The molecular weight excluding hydrogens is 601 g/mol. The zero-order valence-electron chi connectivity index (χ0n) is 21.3. The van der Waals surface area contributed by atoms with Crippen LogP contribution in [0.3, 0.4) is 0 Å². The second-order valence-electron chi connectivity index (χ2n) is 9.61. The van der Waals surface area contributed by atoms with E-state index in [4.69, 9.17) is 25.3 Å². The van der Waals surface area contributed by atoms with Crippen LogP contribution in [0, 0.1) is 0 Å². The smallest absolute Gasteiger partial charge is 0.395 e. The van der Waals surface area contributed by atoms with Crippen molar-refractivity contribution >= 4 is 53.5 Å². The summed E-state index contributed by atoms with van der Waals surface area (Å²) in [5.74, 6) is -0.00152. The Balaban J connectivity index is 1.19. The number of ether oxygens (including phenoxy) is 1. The Morgan fingerprint density at radius 3 is 2.67 bits per heavy atom. The van der Waals surface area contributed by atoms with Crippen LogP contribution in [-0.4, -0.2) is 108 Å². The van der Waals surface area contributed by atoms with Crippen molar-refractivity contribution in [3.8, 4) is 0 Å². The number of thioether (sulfide) groups is 1. The van der Waals surface area contributed by atoms with Gasteiger partial charge in [-0.05, 0) is 6.07 Å². The maximum Gasteiger partial charge on any atom is 0.472 e. The van der Waals surface area contributed by atoms with Crippen molar-refractivity contribution in [2.24, 2.45) is 0 Å². The molecule has 6 rings (SSSR count). The number of nitrogens with zero attached hydrogens (tertiary/aromatic N) is 6. The highest BCUT2D eigenvalue weighted by Gasteiger charge is 2.50. The van der Waals surface area contributed by atoms with Crippen LogP contribution in [0.15, 0.2) is 29.7 Å². The van der Waals surface area contributed by atoms with Crippen LogP contribution in [0.1, 0.15) is 11.6 Å². The third kappa shape index (κ3) is 4.94. The quantitative estimate of drug-likeness (QED) is 0.0963. The monoisotopic (exact) mass is 627 g/mol. The van der Waals surface area contributed by atoms with Crippen molar-refractivity contribution < 1.29 is 43.7 Å². The van der Waals surface area contributed by atoms with Crippen molar-refractivity contribution in [3.05, 3.63) is 35.3 Å². The van der Waals surface area contributed by atoms with E-state index in [-0.39, 0.29) is 22.9 Å². The van der Waals surface area contributed by atoms with Gasteiger partial charge < -0.3 is 46.1 Å². The van der Waals surface area contributed by atoms with Crippen molar-refractivity contribution in [1.82, 2.24) is 34.1 Å². The van der Waals surface area contributed by atoms with Gasteiger partial charge >= 0.3 is 7.82 Å². The summed E-state index contributed by atoms with van der Waals surface area (Å²) in [6.45, 7) is -1.20. The lowest BCUT2D eigenvalue weighted by Crippen LogP contribution is -2.36. The number of nitrogen functional groups attached to an aromatic ring is 2. The topological polar surface area (TPSA) is 292 Å². The Morgan fingerprint density at radius 2 is 1.90 bits per heavy atom. The summed E-state index contributed by atoms with van der Waals surface area (Å²) in [7, 11) is -4.98. The molecule has 9 atom stereocenters. The van der Waals surface area contributed by atoms with Crippen molar-refractivity contribution in [1.29, 1.82) is 0 Å². The molecule has 0 saturated carbocycles. The summed E-state index contributed by atoms with van der Waals surface area (Å²) in [6.07, 6.45) is -4.33. The fourth-order valence-electron chi connectivity index (χ4n) is 4.98. The Labute approximate surface area is 238 Å². The van der Waals surface area contributed by atoms with Gasteiger partial charge in [0.2, 0.25) is 5.95 Å². The van der Waals surface area contributed by atoms with E-state index in [1.54, 1.807) is 6.07 Å². The average molecular weight is 628 g/mol. The summed E-state index contributed by atoms with van der Waals surface area (Å²) >= 11 is 0.994. The van der Waals surface area contributed by atoms with Crippen molar-refractivity contribution in [3.63, 3.8) is 0 Å². The SMILES string of the molecule is Nc1nc2c(ncn2[C@@H]2S[C@H](CO)C(O)C2OP(=O)(O)OC[C@H]2O[C@@H](n3ccc4c(N)ncnc43)C(O)C2O)c(=O)[nH]1. The van der Waals surface area contributed by atoms with Crippen LogP contribution in [0.5, 0.6) is 0 Å². The molecule has 4 aromatic rings. The minimum Gasteiger partial charge on any atom is -0.395 e. The van der Waals surface area contributed by atoms with Crippen LogP contribution in [-0.2, 0) is 18.3 Å². The largest absolute Gasteiger partial charge is 0.472 e. The van der Waals surface area contributed by atoms with Crippen LogP contribution in [0.25, 0.3) is 22.2 Å². The number of imidazole rings is 1. The number of aromatic amines is 1. The molecule has 0 bridgehead atoms. The number of phosphoric ester groups is 1. The molecule has 10 N–H and O–H groups in total. The van der Waals surface area contributed by atoms with Gasteiger partial charge in [-0.15, -0.1) is 11.8 Å². The maximum absolute atomic E-state index is 13.0. The van der Waals surface area contributed by atoms with Gasteiger partial charge in [-0.1, -0.05) is 0 Å². The molecule has 42 heavy (non-hydrogen) atoms. The van der Waals surface area contributed by atoms with Crippen molar-refractivity contribution in [2.75, 3.05) is 24.7 Å². The summed E-state index contributed by atoms with van der Waals surface area (Å²) < 4.78 is 32.0. The molecule has 0 amide bonds. The van der Waals surface area contributed by atoms with E-state index in [0.717, 1.165) is 11.8 Å². The first-order valence-corrected chi connectivity index (χ1v) is 14.8. The van der Waals surface area contributed by atoms with Crippen LogP contribution in [0.4, 0.5) is 11.8 Å². The van der Waals surface area contributed by atoms with Gasteiger partial charge in [0, 0.05) is 6.20 Å². The van der Waals surface area contributed by atoms with Crippen LogP contribution >= 0.6 is 19.6 Å². The summed E-state index contributed by atoms with van der Waals surface area (Å²) in [4.78, 5) is 41.2. The van der Waals surface area contributed by atoms with E-state index < -0.39 is 74.0 Å². The fraction of sp³-hybridized carbons (Fsp3) is 0.476. The van der Waals surface area contributed by atoms with Gasteiger partial charge in [0.15, 0.2) is 17.4 Å². The predicted octanol–water partition coefficient (Wildman–Crippen LogP) is -2.18. The van der Waals surface area contributed by atoms with E-state index in [9.17, 15) is 34.7 Å². The number of hydrogen-bond acceptors (Lipinski definition) is 16. The minimum atomic E-state index is -4.98. The van der Waals surface area contributed by atoms with Gasteiger partial charge in [0.1, 0.15) is 47.6 Å². The lowest BCUT2D eigenvalue weighted by atomic mass is 10.1. The molecule has 0 aliphatic carbocycles. The van der Waals surface area contributed by atoms with Gasteiger partial charge in [-0.25, -0.2) is 19.5 Å². The number of aliphatic hydroxyl groups excluding tert-OH is 4. The molecule has 6 heterocycles. The standard InChI is InChI=1S/C21H26N9O10PS/c22-15-7-1-2-29(16(7)25-5-24-15)19-13(34)11(32)8(39-19)4-38-41(36,37)40-14-12(33)9(3-31)42-20(14)30-6-26-10-17(30)27-21(23)28-18(10)35/h1-2,5-6,8-9,11-14,19-20,31-34H,3-4H2,(H,36,37)(H2,22,24,25)(H3,23,27,28,35)/t8-,9-,11?,12?,13?,14?,19-,20-/m1/s1. The number of nitrogens with one attached hydrogen (secondary N) is 1. The third-order valence-electron chi connectivity index (χ3n) is 7.03. The van der Waals surface area contributed by atoms with E-state index in [0.29, 0.717) is 11.0 Å². The molecule has 0 spiro atoms. The van der Waals surface area contributed by atoms with E-state index >= 15 is 0 Å². The molecule has 2 aliphatic rings. The molecule has 19 nitrogen and oxygen atoms in total. The number of H-pyrrole nitrogens is 1. The van der Waals surface area contributed by atoms with Gasteiger partial charge in [0.05, 0.1) is 36.3 Å². The zero-order valence-corrected chi connectivity index (χ0v) is 23.0. The molecule has 5 unspecified atom stereocenters. The molecule has 2 fully saturated rings. The number of phosphoric acid groups is 1. The number of fused-ring (bicyclic) bond motifs is 2. The molecule has 21 heteroatoms. The first-order chi connectivity index (χ1) is 20.0. The molecule has 226 valence electrons. The van der Waals surface area contributed by atoms with Gasteiger partial charge in [-0.2, -0.15) is 4.98 Å². The van der Waals surface area contributed by atoms with E-state index in [2.05, 4.69) is 24.9 Å². The van der Waals surface area contributed by atoms with Crippen LogP contribution in [0.2, 0.25) is 0 Å². The number of anilines is 2. The molecule has 2 aliphatic heterocycles. The lowest BCUT2D eigenvalue weighted by molar-refractivity contribution is -0.0557. The van der Waals surface area contributed by atoms with Crippen LogP contribution < -0.4 is 17.0 Å². The number of aromatic nitrogens is 7. The highest BCUT2D eigenvalue weighted by Crippen LogP contribution is 2.53. The highest BCUT2D eigenvalue weighted by atomic mass is 32.2. The average Bonchev–Trinajstić information content (AvgIpc) is 3.69. The second kappa shape index (κ2) is 10.8. The Bertz CT molecular complexity index is 1730. The van der Waals surface area contributed by atoms with Gasteiger partial charge in [0.25, 0.3) is 5.56 Å².